The molecule has 0 aliphatic carbocycles. The molecule has 0 bridgehead atoms. The van der Waals surface area contributed by atoms with Crippen LogP contribution >= 0.6 is 0 Å². The Labute approximate surface area is 115 Å². The molecule has 3 aromatic rings. The number of nitrogens with one attached hydrogen (secondary N) is 1. The van der Waals surface area contributed by atoms with Gasteiger partial charge in [0.05, 0.1) is 5.52 Å². The molecule has 0 saturated carbocycles. The van der Waals surface area contributed by atoms with E-state index in [1.165, 1.54) is 6.20 Å². The number of aromatic amines is 1. The first-order valence-electron chi connectivity index (χ1n) is 6.28. The van der Waals surface area contributed by atoms with Crippen molar-refractivity contribution in [3.8, 4) is 0 Å². The van der Waals surface area contributed by atoms with Crippen LogP contribution in [0.4, 0.5) is 11.5 Å². The van der Waals surface area contributed by atoms with Gasteiger partial charge in [0, 0.05) is 37.1 Å². The fourth-order valence-corrected chi connectivity index (χ4v) is 2.21. The van der Waals surface area contributed by atoms with Gasteiger partial charge >= 0.3 is 5.69 Å². The Kier molecular flexibility index (Phi) is 2.78. The fraction of sp³-hybridized carbons (Fsp3) is 0.214. The maximum absolute atomic E-state index is 11.3. The van der Waals surface area contributed by atoms with Crippen molar-refractivity contribution in [1.82, 2.24) is 19.7 Å². The summed E-state index contributed by atoms with van der Waals surface area (Å²) < 4.78 is 1.86. The third kappa shape index (κ3) is 1.95. The van der Waals surface area contributed by atoms with Crippen LogP contribution in [0.2, 0.25) is 0 Å². The molecule has 6 heteroatoms. The highest BCUT2D eigenvalue weighted by Crippen LogP contribution is 2.26. The Hall–Kier alpha value is -2.63. The molecule has 1 N–H and O–H groups in total. The third-order valence-corrected chi connectivity index (χ3v) is 3.52. The molecule has 102 valence electrons. The summed E-state index contributed by atoms with van der Waals surface area (Å²) in [6.45, 7) is 2.04. The lowest BCUT2D eigenvalue weighted by Crippen LogP contribution is -2.17. The number of aromatic nitrogens is 4. The van der Waals surface area contributed by atoms with Gasteiger partial charge in [-0.3, -0.25) is 9.67 Å². The van der Waals surface area contributed by atoms with Crippen LogP contribution in [0.3, 0.4) is 0 Å². The smallest absolute Gasteiger partial charge is 0.331 e. The third-order valence-electron chi connectivity index (χ3n) is 3.52. The molecule has 0 amide bonds. The van der Waals surface area contributed by atoms with Crippen LogP contribution < -0.4 is 10.6 Å². The first-order chi connectivity index (χ1) is 9.56. The second-order valence-corrected chi connectivity index (χ2v) is 4.73. The van der Waals surface area contributed by atoms with Gasteiger partial charge in [0.2, 0.25) is 0 Å². The van der Waals surface area contributed by atoms with Crippen molar-refractivity contribution in [2.24, 2.45) is 7.05 Å². The Morgan fingerprint density at radius 1 is 1.30 bits per heavy atom. The van der Waals surface area contributed by atoms with Crippen LogP contribution in [0.25, 0.3) is 10.9 Å². The Morgan fingerprint density at radius 3 is 2.85 bits per heavy atom. The second-order valence-electron chi connectivity index (χ2n) is 4.73. The van der Waals surface area contributed by atoms with Crippen LogP contribution in [-0.2, 0) is 7.05 Å². The van der Waals surface area contributed by atoms with Gasteiger partial charge in [0.15, 0.2) is 0 Å². The summed E-state index contributed by atoms with van der Waals surface area (Å²) in [6, 6.07) is 7.79. The zero-order chi connectivity index (χ0) is 14.3. The molecule has 0 radical (unpaired) electrons. The van der Waals surface area contributed by atoms with Crippen molar-refractivity contribution in [2.75, 3.05) is 11.9 Å². The standard InChI is InChI=1S/C14H15N5O/c1-9-11-8-10(4-5-12(11)17-19(9)3)18(2)13-6-7-15-14(20)16-13/h4-8H,1-3H3,(H,15,16,20). The summed E-state index contributed by atoms with van der Waals surface area (Å²) in [4.78, 5) is 19.5. The fourth-order valence-electron chi connectivity index (χ4n) is 2.21. The minimum atomic E-state index is -0.354. The van der Waals surface area contributed by atoms with Crippen LogP contribution in [0.15, 0.2) is 35.3 Å². The summed E-state index contributed by atoms with van der Waals surface area (Å²) >= 11 is 0. The second kappa shape index (κ2) is 4.48. The van der Waals surface area contributed by atoms with Gasteiger partial charge in [0.25, 0.3) is 0 Å². The minimum absolute atomic E-state index is 0.354. The maximum atomic E-state index is 11.3. The van der Waals surface area contributed by atoms with E-state index in [0.29, 0.717) is 5.82 Å². The summed E-state index contributed by atoms with van der Waals surface area (Å²) in [5.41, 5.74) is 2.70. The maximum Gasteiger partial charge on any atom is 0.346 e. The zero-order valence-electron chi connectivity index (χ0n) is 11.6. The molecule has 0 spiro atoms. The average molecular weight is 269 g/mol. The van der Waals surface area contributed by atoms with E-state index in [0.717, 1.165) is 22.3 Å². The van der Waals surface area contributed by atoms with E-state index in [1.54, 1.807) is 6.07 Å². The lowest BCUT2D eigenvalue weighted by Gasteiger charge is -2.18. The van der Waals surface area contributed by atoms with Crippen LogP contribution in [0.5, 0.6) is 0 Å². The number of nitrogens with zero attached hydrogens (tertiary/aromatic N) is 4. The van der Waals surface area contributed by atoms with E-state index in [9.17, 15) is 4.79 Å². The van der Waals surface area contributed by atoms with Crippen molar-refractivity contribution in [2.45, 2.75) is 6.92 Å². The topological polar surface area (TPSA) is 66.8 Å². The van der Waals surface area contributed by atoms with Gasteiger partial charge in [-0.1, -0.05) is 0 Å². The van der Waals surface area contributed by atoms with Crippen molar-refractivity contribution < 1.29 is 0 Å². The van der Waals surface area contributed by atoms with E-state index in [2.05, 4.69) is 21.1 Å². The number of hydrogen-bond donors (Lipinski definition) is 1. The molecule has 0 aliphatic rings. The first-order valence-corrected chi connectivity index (χ1v) is 6.28. The van der Waals surface area contributed by atoms with Gasteiger partial charge in [0.1, 0.15) is 5.82 Å². The van der Waals surface area contributed by atoms with Crippen LogP contribution in [0.1, 0.15) is 5.69 Å². The molecule has 3 rings (SSSR count). The van der Waals surface area contributed by atoms with E-state index in [4.69, 9.17) is 0 Å². The molecule has 0 unspecified atom stereocenters. The number of hydrogen-bond acceptors (Lipinski definition) is 4. The molecular formula is C14H15N5O. The Morgan fingerprint density at radius 2 is 2.10 bits per heavy atom. The number of benzene rings is 1. The largest absolute Gasteiger partial charge is 0.346 e. The number of H-pyrrole nitrogens is 1. The molecule has 20 heavy (non-hydrogen) atoms. The molecule has 1 aromatic carbocycles. The molecule has 6 nitrogen and oxygen atoms in total. The van der Waals surface area contributed by atoms with E-state index in [-0.39, 0.29) is 5.69 Å². The van der Waals surface area contributed by atoms with Crippen molar-refractivity contribution in [3.05, 3.63) is 46.6 Å². The first kappa shape index (κ1) is 12.4. The predicted octanol–water partition coefficient (Wildman–Crippen LogP) is 1.73. The van der Waals surface area contributed by atoms with E-state index >= 15 is 0 Å². The van der Waals surface area contributed by atoms with Gasteiger partial charge < -0.3 is 4.90 Å². The van der Waals surface area contributed by atoms with Gasteiger partial charge in [-0.2, -0.15) is 5.10 Å². The molecule has 0 atom stereocenters. The lowest BCUT2D eigenvalue weighted by molar-refractivity contribution is 0.751. The SMILES string of the molecule is Cc1c2cc(N(C)c3ccnc(=O)[nH]3)ccc2nn1C. The van der Waals surface area contributed by atoms with Gasteiger partial charge in [-0.15, -0.1) is 0 Å². The number of aryl methyl sites for hydroxylation is 2. The molecule has 2 aromatic heterocycles. The highest BCUT2D eigenvalue weighted by Gasteiger charge is 2.09. The van der Waals surface area contributed by atoms with Crippen LogP contribution in [-0.4, -0.2) is 26.8 Å². The molecule has 0 saturated heterocycles. The lowest BCUT2D eigenvalue weighted by atomic mass is 10.2. The summed E-state index contributed by atoms with van der Waals surface area (Å²) in [5.74, 6) is 0.700. The number of fused-ring (bicyclic) bond motifs is 1. The highest BCUT2D eigenvalue weighted by molar-refractivity contribution is 5.85. The van der Waals surface area contributed by atoms with Crippen LogP contribution in [0, 0.1) is 6.92 Å². The quantitative estimate of drug-likeness (QED) is 0.769. The van der Waals surface area contributed by atoms with Crippen molar-refractivity contribution in [1.29, 1.82) is 0 Å². The van der Waals surface area contributed by atoms with E-state index < -0.39 is 0 Å². The highest BCUT2D eigenvalue weighted by atomic mass is 16.1. The molecule has 0 aliphatic heterocycles. The zero-order valence-corrected chi connectivity index (χ0v) is 11.6. The normalized spacial score (nSPS) is 10.9. The van der Waals surface area contributed by atoms with Crippen molar-refractivity contribution >= 4 is 22.4 Å². The Bertz CT molecular complexity index is 833. The molecular weight excluding hydrogens is 254 g/mol. The average Bonchev–Trinajstić information content (AvgIpc) is 2.73. The van der Waals surface area contributed by atoms with Gasteiger partial charge in [-0.25, -0.2) is 9.78 Å². The number of rotatable bonds is 2. The minimum Gasteiger partial charge on any atom is -0.331 e. The van der Waals surface area contributed by atoms with Crippen molar-refractivity contribution in [3.63, 3.8) is 0 Å². The monoisotopic (exact) mass is 269 g/mol. The van der Waals surface area contributed by atoms with E-state index in [1.807, 2.05) is 42.7 Å². The number of anilines is 2. The summed E-state index contributed by atoms with van der Waals surface area (Å²) in [7, 11) is 3.83. The predicted molar refractivity (Wildman–Crippen MR) is 78.4 cm³/mol. The Balaban J connectivity index is 2.10. The summed E-state index contributed by atoms with van der Waals surface area (Å²) in [5, 5.41) is 5.54. The molecule has 2 heterocycles. The summed E-state index contributed by atoms with van der Waals surface area (Å²) in [6.07, 6.45) is 1.50. The van der Waals surface area contributed by atoms with Gasteiger partial charge in [-0.05, 0) is 31.2 Å². The molecule has 0 fully saturated rings.